The molecule has 1 atom stereocenters. The zero-order valence-corrected chi connectivity index (χ0v) is 17.6. The number of amides is 1. The highest BCUT2D eigenvalue weighted by Gasteiger charge is 2.24. The number of carbonyl (C=O) groups is 1. The number of hydrogen-bond donors (Lipinski definition) is 2. The Hall–Kier alpha value is -1.93. The number of nitrogens with one attached hydrogen (secondary N) is 2. The lowest BCUT2D eigenvalue weighted by molar-refractivity contribution is 0.0709. The summed E-state index contributed by atoms with van der Waals surface area (Å²) in [6.45, 7) is 5.93. The number of benzene rings is 2. The normalized spacial score (nSPS) is 17.1. The summed E-state index contributed by atoms with van der Waals surface area (Å²) < 4.78 is 28.2. The van der Waals surface area contributed by atoms with E-state index in [4.69, 9.17) is 0 Å². The summed E-state index contributed by atoms with van der Waals surface area (Å²) in [4.78, 5) is 14.7. The third-order valence-corrected chi connectivity index (χ3v) is 6.23. The van der Waals surface area contributed by atoms with Crippen molar-refractivity contribution in [2.45, 2.75) is 31.3 Å². The molecule has 1 saturated heterocycles. The van der Waals surface area contributed by atoms with E-state index in [1.165, 1.54) is 6.07 Å². The number of rotatable bonds is 5. The number of nitrogens with zero attached hydrogens (tertiary/aromatic N) is 1. The second-order valence-corrected chi connectivity index (χ2v) is 8.63. The molecule has 2 aromatic carbocycles. The molecular formula is C20H26ClN3O3S. The number of sulfonamides is 1. The van der Waals surface area contributed by atoms with Gasteiger partial charge < -0.3 is 10.2 Å². The van der Waals surface area contributed by atoms with Crippen LogP contribution in [0.15, 0.2) is 53.4 Å². The molecule has 6 nitrogen and oxygen atoms in total. The first-order valence-electron chi connectivity index (χ1n) is 9.04. The van der Waals surface area contributed by atoms with Crippen molar-refractivity contribution < 1.29 is 13.2 Å². The molecule has 152 valence electrons. The fourth-order valence-corrected chi connectivity index (χ4v) is 4.46. The fraction of sp³-hybridized carbons (Fsp3) is 0.350. The summed E-state index contributed by atoms with van der Waals surface area (Å²) in [7, 11) is -3.72. The van der Waals surface area contributed by atoms with Crippen molar-refractivity contribution in [3.05, 3.63) is 65.2 Å². The number of hydrogen-bond acceptors (Lipinski definition) is 4. The number of halogens is 1. The highest BCUT2D eigenvalue weighted by molar-refractivity contribution is 7.89. The molecule has 1 heterocycles. The maximum atomic E-state index is 12.8. The maximum Gasteiger partial charge on any atom is 0.253 e. The zero-order valence-electron chi connectivity index (χ0n) is 16.0. The van der Waals surface area contributed by atoms with E-state index >= 15 is 0 Å². The Labute approximate surface area is 172 Å². The van der Waals surface area contributed by atoms with E-state index in [0.29, 0.717) is 24.2 Å². The molecule has 8 heteroatoms. The van der Waals surface area contributed by atoms with Gasteiger partial charge in [-0.2, -0.15) is 0 Å². The molecular weight excluding hydrogens is 398 g/mol. The van der Waals surface area contributed by atoms with Gasteiger partial charge in [0.1, 0.15) is 0 Å². The Morgan fingerprint density at radius 1 is 1.21 bits per heavy atom. The molecule has 0 aromatic heterocycles. The predicted octanol–water partition coefficient (Wildman–Crippen LogP) is 2.33. The van der Waals surface area contributed by atoms with Crippen molar-refractivity contribution in [2.75, 3.05) is 19.6 Å². The van der Waals surface area contributed by atoms with E-state index in [1.807, 2.05) is 37.3 Å². The Balaban J connectivity index is 0.00000280. The first kappa shape index (κ1) is 22.4. The molecule has 0 spiro atoms. The average molecular weight is 424 g/mol. The summed E-state index contributed by atoms with van der Waals surface area (Å²) in [6.07, 6.45) is 0. The molecule has 1 aliphatic heterocycles. The standard InChI is InChI=1S/C20H25N3O3S.ClH/c1-15-8-9-18(20(24)23-11-10-21-16(2)14-23)12-19(15)27(25,26)22-13-17-6-4-3-5-7-17;/h3-9,12,16,21-22H,10-11,13-14H2,1-2H3;1H. The van der Waals surface area contributed by atoms with Gasteiger partial charge in [0.25, 0.3) is 5.91 Å². The Morgan fingerprint density at radius 3 is 2.61 bits per heavy atom. The van der Waals surface area contributed by atoms with Crippen LogP contribution in [-0.4, -0.2) is 44.9 Å². The van der Waals surface area contributed by atoms with E-state index in [2.05, 4.69) is 10.0 Å². The van der Waals surface area contributed by atoms with Crippen LogP contribution in [0.2, 0.25) is 0 Å². The molecule has 28 heavy (non-hydrogen) atoms. The van der Waals surface area contributed by atoms with Gasteiger partial charge in [-0.25, -0.2) is 13.1 Å². The first-order chi connectivity index (χ1) is 12.9. The van der Waals surface area contributed by atoms with E-state index in [0.717, 1.165) is 12.1 Å². The predicted molar refractivity (Wildman–Crippen MR) is 112 cm³/mol. The summed E-state index contributed by atoms with van der Waals surface area (Å²) in [5, 5.41) is 3.30. The second-order valence-electron chi connectivity index (χ2n) is 6.90. The quantitative estimate of drug-likeness (QED) is 0.773. The molecule has 2 aromatic rings. The monoisotopic (exact) mass is 423 g/mol. The van der Waals surface area contributed by atoms with Crippen LogP contribution in [-0.2, 0) is 16.6 Å². The van der Waals surface area contributed by atoms with Crippen molar-refractivity contribution in [3.63, 3.8) is 0 Å². The molecule has 1 amide bonds. The SMILES string of the molecule is Cc1ccc(C(=O)N2CCNC(C)C2)cc1S(=O)(=O)NCc1ccccc1.Cl. The molecule has 0 bridgehead atoms. The Kier molecular flexibility index (Phi) is 7.60. The number of aryl methyl sites for hydroxylation is 1. The summed E-state index contributed by atoms with van der Waals surface area (Å²) >= 11 is 0. The van der Waals surface area contributed by atoms with Gasteiger partial charge in [0, 0.05) is 37.8 Å². The van der Waals surface area contributed by atoms with Crippen LogP contribution in [0, 0.1) is 6.92 Å². The molecule has 2 N–H and O–H groups in total. The largest absolute Gasteiger partial charge is 0.336 e. The van der Waals surface area contributed by atoms with Crippen molar-refractivity contribution in [3.8, 4) is 0 Å². The molecule has 0 saturated carbocycles. The van der Waals surface area contributed by atoms with Gasteiger partial charge >= 0.3 is 0 Å². The maximum absolute atomic E-state index is 12.8. The van der Waals surface area contributed by atoms with Gasteiger partial charge in [0.05, 0.1) is 4.90 Å². The van der Waals surface area contributed by atoms with Gasteiger partial charge in [0.15, 0.2) is 0 Å². The summed E-state index contributed by atoms with van der Waals surface area (Å²) in [5.41, 5.74) is 1.89. The van der Waals surface area contributed by atoms with E-state index in [1.54, 1.807) is 24.0 Å². The minimum absolute atomic E-state index is 0. The zero-order chi connectivity index (χ0) is 19.4. The third kappa shape index (κ3) is 5.32. The minimum Gasteiger partial charge on any atom is -0.336 e. The van der Waals surface area contributed by atoms with E-state index in [9.17, 15) is 13.2 Å². The summed E-state index contributed by atoms with van der Waals surface area (Å²) in [6, 6.07) is 14.4. The molecule has 0 aliphatic carbocycles. The van der Waals surface area contributed by atoms with Gasteiger partial charge in [-0.3, -0.25) is 4.79 Å². The smallest absolute Gasteiger partial charge is 0.253 e. The first-order valence-corrected chi connectivity index (χ1v) is 10.5. The van der Waals surface area contributed by atoms with Crippen LogP contribution < -0.4 is 10.0 Å². The van der Waals surface area contributed by atoms with Crippen molar-refractivity contribution in [2.24, 2.45) is 0 Å². The molecule has 1 unspecified atom stereocenters. The third-order valence-electron chi connectivity index (χ3n) is 4.69. The second kappa shape index (κ2) is 9.52. The van der Waals surface area contributed by atoms with Gasteiger partial charge in [-0.1, -0.05) is 36.4 Å². The average Bonchev–Trinajstić information content (AvgIpc) is 2.67. The highest BCUT2D eigenvalue weighted by atomic mass is 35.5. The number of piperazine rings is 1. The molecule has 3 rings (SSSR count). The lowest BCUT2D eigenvalue weighted by Crippen LogP contribution is -2.51. The van der Waals surface area contributed by atoms with Crippen LogP contribution in [0.4, 0.5) is 0 Å². The van der Waals surface area contributed by atoms with E-state index < -0.39 is 10.0 Å². The van der Waals surface area contributed by atoms with Crippen molar-refractivity contribution in [1.29, 1.82) is 0 Å². The van der Waals surface area contributed by atoms with Crippen LogP contribution in [0.25, 0.3) is 0 Å². The lowest BCUT2D eigenvalue weighted by Gasteiger charge is -2.32. The highest BCUT2D eigenvalue weighted by Crippen LogP contribution is 2.19. The molecule has 1 fully saturated rings. The van der Waals surface area contributed by atoms with Crippen molar-refractivity contribution in [1.82, 2.24) is 14.9 Å². The lowest BCUT2D eigenvalue weighted by atomic mass is 10.1. The van der Waals surface area contributed by atoms with E-state index in [-0.39, 0.29) is 35.8 Å². The van der Waals surface area contributed by atoms with Crippen LogP contribution in [0.5, 0.6) is 0 Å². The topological polar surface area (TPSA) is 78.5 Å². The van der Waals surface area contributed by atoms with Crippen LogP contribution in [0.1, 0.15) is 28.4 Å². The van der Waals surface area contributed by atoms with Crippen LogP contribution >= 0.6 is 12.4 Å². The minimum atomic E-state index is -3.72. The van der Waals surface area contributed by atoms with Gasteiger partial charge in [-0.15, -0.1) is 12.4 Å². The Morgan fingerprint density at radius 2 is 1.93 bits per heavy atom. The van der Waals surface area contributed by atoms with Gasteiger partial charge in [0.2, 0.25) is 10.0 Å². The van der Waals surface area contributed by atoms with Gasteiger partial charge in [-0.05, 0) is 37.1 Å². The van der Waals surface area contributed by atoms with Crippen LogP contribution in [0.3, 0.4) is 0 Å². The Bertz CT molecular complexity index is 920. The fourth-order valence-electron chi connectivity index (χ4n) is 3.17. The summed E-state index contributed by atoms with van der Waals surface area (Å²) in [5.74, 6) is -0.136. The molecule has 0 radical (unpaired) electrons. The van der Waals surface area contributed by atoms with Crippen molar-refractivity contribution >= 4 is 28.3 Å². The molecule has 1 aliphatic rings. The number of carbonyl (C=O) groups excluding carboxylic acids is 1.